The molecule has 0 saturated carbocycles. The quantitative estimate of drug-likeness (QED) is 0.805. The molecule has 1 amide bonds. The van der Waals surface area contributed by atoms with Crippen LogP contribution in [0.3, 0.4) is 0 Å². The Hall–Kier alpha value is -1.95. The Labute approximate surface area is 137 Å². The van der Waals surface area contributed by atoms with E-state index < -0.39 is 0 Å². The number of benzene rings is 1. The third-order valence-electron chi connectivity index (χ3n) is 3.31. The number of hydrogen-bond donors (Lipinski definition) is 0. The van der Waals surface area contributed by atoms with Gasteiger partial charge in [-0.3, -0.25) is 0 Å². The fourth-order valence-electron chi connectivity index (χ4n) is 2.29. The molecule has 0 unspecified atom stereocenters. The van der Waals surface area contributed by atoms with Crippen molar-refractivity contribution in [2.24, 2.45) is 0 Å². The number of ether oxygens (including phenoxy) is 4. The summed E-state index contributed by atoms with van der Waals surface area (Å²) in [4.78, 5) is 13.6. The molecule has 1 atom stereocenters. The van der Waals surface area contributed by atoms with Gasteiger partial charge in [0.05, 0.1) is 25.9 Å². The number of carbonyl (C=O) groups is 1. The lowest BCUT2D eigenvalue weighted by Gasteiger charge is -2.32. The summed E-state index contributed by atoms with van der Waals surface area (Å²) in [6.07, 6.45) is -0.612. The summed E-state index contributed by atoms with van der Waals surface area (Å²) in [6.45, 7) is 8.02. The van der Waals surface area contributed by atoms with Crippen molar-refractivity contribution in [1.82, 2.24) is 4.90 Å². The molecule has 0 aromatic heterocycles. The molecule has 0 N–H and O–H groups in total. The van der Waals surface area contributed by atoms with Gasteiger partial charge in [0.1, 0.15) is 12.7 Å². The first kappa shape index (κ1) is 17.4. The van der Waals surface area contributed by atoms with Gasteiger partial charge in [0.15, 0.2) is 11.5 Å². The standard InChI is InChI=1S/C17H25NO5/c1-4-20-15-7-5-6-8-16(15)22-12-14-11-18(9-10-21-14)17(19)23-13(2)3/h5-8,13-14H,4,9-12H2,1-3H3/t14-/m0/s1. The molecule has 2 rings (SSSR count). The van der Waals surface area contributed by atoms with Crippen LogP contribution >= 0.6 is 0 Å². The third kappa shape index (κ3) is 5.32. The zero-order valence-corrected chi connectivity index (χ0v) is 14.0. The van der Waals surface area contributed by atoms with E-state index in [1.807, 2.05) is 45.0 Å². The molecule has 1 aliphatic rings. The smallest absolute Gasteiger partial charge is 0.410 e. The van der Waals surface area contributed by atoms with E-state index in [1.165, 1.54) is 0 Å². The van der Waals surface area contributed by atoms with Crippen LogP contribution in [0.25, 0.3) is 0 Å². The molecule has 0 spiro atoms. The highest BCUT2D eigenvalue weighted by molar-refractivity contribution is 5.67. The van der Waals surface area contributed by atoms with Gasteiger partial charge in [-0.15, -0.1) is 0 Å². The molecule has 0 bridgehead atoms. The van der Waals surface area contributed by atoms with Gasteiger partial charge in [0, 0.05) is 6.54 Å². The Kier molecular flexibility index (Phi) is 6.52. The van der Waals surface area contributed by atoms with Crippen molar-refractivity contribution in [3.63, 3.8) is 0 Å². The number of para-hydroxylation sites is 2. The minimum atomic E-state index is -0.303. The van der Waals surface area contributed by atoms with Crippen molar-refractivity contribution in [2.75, 3.05) is 32.9 Å². The van der Waals surface area contributed by atoms with Gasteiger partial charge in [0.25, 0.3) is 0 Å². The average molecular weight is 323 g/mol. The van der Waals surface area contributed by atoms with E-state index in [0.29, 0.717) is 44.4 Å². The lowest BCUT2D eigenvalue weighted by Crippen LogP contribution is -2.48. The number of hydrogen-bond acceptors (Lipinski definition) is 5. The van der Waals surface area contributed by atoms with E-state index in [9.17, 15) is 4.79 Å². The molecule has 6 heteroatoms. The number of nitrogens with zero attached hydrogens (tertiary/aromatic N) is 1. The summed E-state index contributed by atoms with van der Waals surface area (Å²) in [5.74, 6) is 1.39. The molecule has 1 fully saturated rings. The normalized spacial score (nSPS) is 17.9. The summed E-state index contributed by atoms with van der Waals surface area (Å²) in [6, 6.07) is 7.52. The molecular weight excluding hydrogens is 298 g/mol. The maximum atomic E-state index is 12.0. The summed E-state index contributed by atoms with van der Waals surface area (Å²) in [5, 5.41) is 0. The largest absolute Gasteiger partial charge is 0.490 e. The molecule has 1 aromatic carbocycles. The lowest BCUT2D eigenvalue weighted by atomic mass is 10.3. The van der Waals surface area contributed by atoms with Crippen LogP contribution in [0.4, 0.5) is 4.79 Å². The molecule has 0 radical (unpaired) electrons. The van der Waals surface area contributed by atoms with Crippen molar-refractivity contribution in [1.29, 1.82) is 0 Å². The zero-order chi connectivity index (χ0) is 16.7. The van der Waals surface area contributed by atoms with E-state index in [1.54, 1.807) is 4.90 Å². The Morgan fingerprint density at radius 3 is 2.65 bits per heavy atom. The van der Waals surface area contributed by atoms with Crippen molar-refractivity contribution in [2.45, 2.75) is 33.0 Å². The summed E-state index contributed by atoms with van der Waals surface area (Å²) in [7, 11) is 0. The van der Waals surface area contributed by atoms with Crippen LogP contribution in [0.2, 0.25) is 0 Å². The Balaban J connectivity index is 1.87. The highest BCUT2D eigenvalue weighted by Crippen LogP contribution is 2.26. The van der Waals surface area contributed by atoms with Crippen LogP contribution in [0.5, 0.6) is 11.5 Å². The zero-order valence-electron chi connectivity index (χ0n) is 14.0. The van der Waals surface area contributed by atoms with Gasteiger partial charge in [-0.2, -0.15) is 0 Å². The fraction of sp³-hybridized carbons (Fsp3) is 0.588. The van der Waals surface area contributed by atoms with Crippen molar-refractivity contribution in [3.05, 3.63) is 24.3 Å². The minimum Gasteiger partial charge on any atom is -0.490 e. The Morgan fingerprint density at radius 2 is 2.00 bits per heavy atom. The number of rotatable bonds is 6. The van der Waals surface area contributed by atoms with Gasteiger partial charge in [-0.1, -0.05) is 12.1 Å². The van der Waals surface area contributed by atoms with Crippen LogP contribution in [0.15, 0.2) is 24.3 Å². The number of amides is 1. The van der Waals surface area contributed by atoms with Gasteiger partial charge in [-0.25, -0.2) is 4.79 Å². The molecule has 1 saturated heterocycles. The summed E-state index contributed by atoms with van der Waals surface area (Å²) >= 11 is 0. The van der Waals surface area contributed by atoms with Gasteiger partial charge in [-0.05, 0) is 32.9 Å². The van der Waals surface area contributed by atoms with Crippen molar-refractivity contribution < 1.29 is 23.7 Å². The topological polar surface area (TPSA) is 57.2 Å². The summed E-state index contributed by atoms with van der Waals surface area (Å²) < 4.78 is 22.2. The van der Waals surface area contributed by atoms with E-state index >= 15 is 0 Å². The lowest BCUT2D eigenvalue weighted by molar-refractivity contribution is -0.0482. The van der Waals surface area contributed by atoms with Crippen molar-refractivity contribution >= 4 is 6.09 Å². The molecule has 1 aromatic rings. The van der Waals surface area contributed by atoms with Crippen LogP contribution in [-0.4, -0.2) is 56.1 Å². The molecule has 23 heavy (non-hydrogen) atoms. The first-order valence-corrected chi connectivity index (χ1v) is 8.02. The molecule has 6 nitrogen and oxygen atoms in total. The minimum absolute atomic E-state index is 0.127. The second-order valence-electron chi connectivity index (χ2n) is 5.56. The monoisotopic (exact) mass is 323 g/mol. The predicted molar refractivity (Wildman–Crippen MR) is 86.0 cm³/mol. The van der Waals surface area contributed by atoms with Crippen LogP contribution in [0.1, 0.15) is 20.8 Å². The summed E-state index contributed by atoms with van der Waals surface area (Å²) in [5.41, 5.74) is 0. The Bertz CT molecular complexity index is 506. The van der Waals surface area contributed by atoms with E-state index in [0.717, 1.165) is 0 Å². The first-order valence-electron chi connectivity index (χ1n) is 8.02. The molecule has 0 aliphatic carbocycles. The highest BCUT2D eigenvalue weighted by atomic mass is 16.6. The van der Waals surface area contributed by atoms with E-state index in [2.05, 4.69) is 0 Å². The number of carbonyl (C=O) groups excluding carboxylic acids is 1. The van der Waals surface area contributed by atoms with Gasteiger partial charge >= 0.3 is 6.09 Å². The van der Waals surface area contributed by atoms with Gasteiger partial charge < -0.3 is 23.8 Å². The van der Waals surface area contributed by atoms with Crippen LogP contribution in [0, 0.1) is 0 Å². The highest BCUT2D eigenvalue weighted by Gasteiger charge is 2.26. The van der Waals surface area contributed by atoms with Crippen LogP contribution < -0.4 is 9.47 Å². The maximum absolute atomic E-state index is 12.0. The third-order valence-corrected chi connectivity index (χ3v) is 3.31. The molecule has 1 heterocycles. The van der Waals surface area contributed by atoms with Crippen molar-refractivity contribution in [3.8, 4) is 11.5 Å². The second-order valence-corrected chi connectivity index (χ2v) is 5.56. The first-order chi connectivity index (χ1) is 11.1. The van der Waals surface area contributed by atoms with E-state index in [4.69, 9.17) is 18.9 Å². The van der Waals surface area contributed by atoms with Gasteiger partial charge in [0.2, 0.25) is 0 Å². The van der Waals surface area contributed by atoms with E-state index in [-0.39, 0.29) is 18.3 Å². The molecular formula is C17H25NO5. The maximum Gasteiger partial charge on any atom is 0.410 e. The molecule has 128 valence electrons. The predicted octanol–water partition coefficient (Wildman–Crippen LogP) is 2.71. The SMILES string of the molecule is CCOc1ccccc1OC[C@@H]1CN(C(=O)OC(C)C)CCO1. The molecule has 1 aliphatic heterocycles. The van der Waals surface area contributed by atoms with Crippen LogP contribution in [-0.2, 0) is 9.47 Å². The number of morpholine rings is 1. The Morgan fingerprint density at radius 1 is 1.30 bits per heavy atom. The second kappa shape index (κ2) is 8.62. The average Bonchev–Trinajstić information content (AvgIpc) is 2.54. The fourth-order valence-corrected chi connectivity index (χ4v) is 2.29.